The number of methoxy groups -OCH3 is 1. The van der Waals surface area contributed by atoms with E-state index in [1.807, 2.05) is 20.8 Å². The topological polar surface area (TPSA) is 169 Å². The van der Waals surface area contributed by atoms with Crippen LogP contribution in [0.15, 0.2) is 24.4 Å². The quantitative estimate of drug-likeness (QED) is 0.177. The predicted molar refractivity (Wildman–Crippen MR) is 200 cm³/mol. The fourth-order valence-corrected chi connectivity index (χ4v) is 7.65. The number of likely N-dealkylation sites (N-methyl/N-ethyl adjacent to an activating group) is 1. The van der Waals surface area contributed by atoms with Gasteiger partial charge in [-0.3, -0.25) is 14.4 Å². The van der Waals surface area contributed by atoms with E-state index in [2.05, 4.69) is 30.7 Å². The van der Waals surface area contributed by atoms with E-state index in [1.54, 1.807) is 43.5 Å². The van der Waals surface area contributed by atoms with Crippen LogP contribution in [0.5, 0.6) is 5.75 Å². The van der Waals surface area contributed by atoms with E-state index in [-0.39, 0.29) is 41.8 Å². The first-order chi connectivity index (χ1) is 25.0. The van der Waals surface area contributed by atoms with Crippen molar-refractivity contribution in [2.24, 2.45) is 5.92 Å². The number of anilines is 4. The first kappa shape index (κ1) is 38.8. The molecule has 14 nitrogen and oxygen atoms in total. The second-order valence-corrected chi connectivity index (χ2v) is 14.7. The maximum absolute atomic E-state index is 13.3. The maximum atomic E-state index is 13.3. The van der Waals surface area contributed by atoms with Crippen LogP contribution in [0.2, 0.25) is 0 Å². The highest BCUT2D eigenvalue weighted by Gasteiger charge is 2.41. The first-order valence-electron chi connectivity index (χ1n) is 18.9. The highest BCUT2D eigenvalue weighted by Crippen LogP contribution is 2.40. The lowest BCUT2D eigenvalue weighted by Gasteiger charge is -2.43. The molecule has 1 saturated heterocycles. The van der Waals surface area contributed by atoms with Crippen molar-refractivity contribution in [1.82, 2.24) is 25.5 Å². The van der Waals surface area contributed by atoms with Crippen molar-refractivity contribution < 1.29 is 29.0 Å². The lowest BCUT2D eigenvalue weighted by molar-refractivity contribution is -0.142. The van der Waals surface area contributed by atoms with Gasteiger partial charge >= 0.3 is 5.97 Å². The maximum Gasteiger partial charge on any atom is 0.326 e. The zero-order valence-electron chi connectivity index (χ0n) is 31.3. The summed E-state index contributed by atoms with van der Waals surface area (Å²) < 4.78 is 5.68. The third-order valence-corrected chi connectivity index (χ3v) is 10.5. The summed E-state index contributed by atoms with van der Waals surface area (Å²) in [5.74, 6) is 0.507. The lowest BCUT2D eigenvalue weighted by Crippen LogP contribution is -2.55. The van der Waals surface area contributed by atoms with Gasteiger partial charge in [0.15, 0.2) is 5.82 Å². The Hall–Kier alpha value is -4.46. The molecule has 52 heavy (non-hydrogen) atoms. The van der Waals surface area contributed by atoms with Crippen LogP contribution in [0.25, 0.3) is 0 Å². The summed E-state index contributed by atoms with van der Waals surface area (Å²) in [6.45, 7) is 8.47. The number of carboxylic acid groups (broad SMARTS) is 1. The number of piperidine rings is 1. The normalized spacial score (nSPS) is 19.0. The minimum absolute atomic E-state index is 0.0518. The monoisotopic (exact) mass is 720 g/mol. The minimum Gasteiger partial charge on any atom is -0.495 e. The fourth-order valence-electron chi connectivity index (χ4n) is 7.65. The summed E-state index contributed by atoms with van der Waals surface area (Å²) in [6.07, 6.45) is 10.7. The van der Waals surface area contributed by atoms with E-state index < -0.39 is 12.0 Å². The molecule has 0 radical (unpaired) electrons. The zero-order chi connectivity index (χ0) is 37.4. The Morgan fingerprint density at radius 2 is 1.81 bits per heavy atom. The third-order valence-electron chi connectivity index (χ3n) is 10.5. The molecular weight excluding hydrogens is 664 g/mol. The van der Waals surface area contributed by atoms with Gasteiger partial charge in [-0.15, -0.1) is 0 Å². The average Bonchev–Trinajstić information content (AvgIpc) is 3.66. The van der Waals surface area contributed by atoms with Crippen LogP contribution < -0.4 is 30.5 Å². The number of nitrogens with one attached hydrogen (secondary N) is 3. The molecule has 14 heteroatoms. The molecule has 0 unspecified atom stereocenters. The lowest BCUT2D eigenvalue weighted by atomic mass is 10.0. The van der Waals surface area contributed by atoms with Gasteiger partial charge in [-0.1, -0.05) is 33.6 Å². The zero-order valence-corrected chi connectivity index (χ0v) is 31.3. The number of amides is 3. The number of carbonyl (C=O) groups excluding carboxylic acids is 3. The highest BCUT2D eigenvalue weighted by molar-refractivity contribution is 6.04. The van der Waals surface area contributed by atoms with Gasteiger partial charge in [0.1, 0.15) is 23.5 Å². The number of hydrogen-bond donors (Lipinski definition) is 4. The van der Waals surface area contributed by atoms with Crippen LogP contribution in [0.3, 0.4) is 0 Å². The number of fused-ring (bicyclic) bond motifs is 1. The van der Waals surface area contributed by atoms with Gasteiger partial charge in [-0.05, 0) is 82.0 Å². The number of likely N-dealkylation sites (tertiary alicyclic amines) is 1. The number of aliphatic carboxylic acids is 1. The Kier molecular flexibility index (Phi) is 13.3. The van der Waals surface area contributed by atoms with Gasteiger partial charge in [0.25, 0.3) is 5.91 Å². The fraction of sp³-hybridized carbons (Fsp3) is 0.632. The molecule has 1 aromatic heterocycles. The third kappa shape index (κ3) is 9.50. The van der Waals surface area contributed by atoms with Crippen molar-refractivity contribution in [1.29, 1.82) is 0 Å². The summed E-state index contributed by atoms with van der Waals surface area (Å²) in [7, 11) is 3.34. The molecule has 0 spiro atoms. The molecule has 2 aromatic rings. The van der Waals surface area contributed by atoms with Crippen LogP contribution in [0.1, 0.15) is 102 Å². The van der Waals surface area contributed by atoms with Crippen molar-refractivity contribution in [2.45, 2.75) is 116 Å². The standard InChI is InChI=1S/C38H56N8O6/c1-6-30-36(49)44(4)31-23-39-38(43-34(31)46(30)27-11-7-8-12-27)42-28-15-14-25(22-32(28)52-5)35(48)40-26-16-19-45(20-17-26)18-10-9-13-33(47)41-29(37(50)51)21-24(2)3/h14-15,22-24,26-27,29-30H,6-13,16-21H2,1-5H3,(H,40,48)(H,41,47)(H,50,51)(H,39,42,43)/t29-,30+/m0/s1. The van der Waals surface area contributed by atoms with E-state index >= 15 is 0 Å². The summed E-state index contributed by atoms with van der Waals surface area (Å²) in [5.41, 5.74) is 1.82. The van der Waals surface area contributed by atoms with Gasteiger partial charge < -0.3 is 40.5 Å². The van der Waals surface area contributed by atoms with Crippen LogP contribution in [-0.4, -0.2) is 102 Å². The van der Waals surface area contributed by atoms with Gasteiger partial charge in [0, 0.05) is 44.2 Å². The molecule has 1 aliphatic carbocycles. The number of carbonyl (C=O) groups is 4. The number of unbranched alkanes of at least 4 members (excludes halogenated alkanes) is 1. The number of nitrogens with zero attached hydrogens (tertiary/aromatic N) is 5. The van der Waals surface area contributed by atoms with Crippen molar-refractivity contribution in [3.63, 3.8) is 0 Å². The van der Waals surface area contributed by atoms with Crippen molar-refractivity contribution in [3.8, 4) is 5.75 Å². The number of carboxylic acids is 1. The van der Waals surface area contributed by atoms with Crippen molar-refractivity contribution in [2.75, 3.05) is 48.9 Å². The van der Waals surface area contributed by atoms with E-state index in [1.165, 1.54) is 0 Å². The Morgan fingerprint density at radius 3 is 2.46 bits per heavy atom. The Morgan fingerprint density at radius 1 is 1.08 bits per heavy atom. The number of aromatic nitrogens is 2. The smallest absolute Gasteiger partial charge is 0.326 e. The molecular formula is C38H56N8O6. The van der Waals surface area contributed by atoms with E-state index in [0.29, 0.717) is 54.3 Å². The van der Waals surface area contributed by atoms with E-state index in [0.717, 1.165) is 70.4 Å². The van der Waals surface area contributed by atoms with Crippen LogP contribution in [0, 0.1) is 5.92 Å². The Balaban J connectivity index is 1.11. The largest absolute Gasteiger partial charge is 0.495 e. The minimum atomic E-state index is -0.994. The van der Waals surface area contributed by atoms with Crippen molar-refractivity contribution in [3.05, 3.63) is 30.0 Å². The second kappa shape index (κ2) is 17.8. The van der Waals surface area contributed by atoms with Gasteiger partial charge in [0.2, 0.25) is 17.8 Å². The molecule has 1 aromatic carbocycles. The molecule has 3 amide bonds. The molecule has 3 aliphatic rings. The Bertz CT molecular complexity index is 1570. The van der Waals surface area contributed by atoms with E-state index in [9.17, 15) is 24.3 Å². The highest BCUT2D eigenvalue weighted by atomic mass is 16.5. The molecule has 2 atom stereocenters. The number of rotatable bonds is 16. The number of benzene rings is 1. The molecule has 0 bridgehead atoms. The van der Waals surface area contributed by atoms with Gasteiger partial charge in [-0.25, -0.2) is 9.78 Å². The summed E-state index contributed by atoms with van der Waals surface area (Å²) in [5, 5.41) is 18.5. The van der Waals surface area contributed by atoms with E-state index in [4.69, 9.17) is 9.72 Å². The molecule has 1 saturated carbocycles. The average molecular weight is 721 g/mol. The number of ether oxygens (including phenoxy) is 1. The van der Waals surface area contributed by atoms with Crippen LogP contribution in [-0.2, 0) is 14.4 Å². The first-order valence-corrected chi connectivity index (χ1v) is 18.9. The predicted octanol–water partition coefficient (Wildman–Crippen LogP) is 4.71. The van der Waals surface area contributed by atoms with Gasteiger partial charge in [-0.2, -0.15) is 4.98 Å². The number of hydrogen-bond acceptors (Lipinski definition) is 10. The molecule has 2 fully saturated rings. The molecule has 3 heterocycles. The molecule has 2 aliphatic heterocycles. The second-order valence-electron chi connectivity index (χ2n) is 14.7. The summed E-state index contributed by atoms with van der Waals surface area (Å²) in [6, 6.07) is 4.49. The summed E-state index contributed by atoms with van der Waals surface area (Å²) >= 11 is 0. The molecule has 5 rings (SSSR count). The SMILES string of the molecule is CC[C@@H]1C(=O)N(C)c2cnc(Nc3ccc(C(=O)NC4CCN(CCCCC(=O)N[C@@H](CC(C)C)C(=O)O)CC4)cc3OC)nc2N1C1CCCC1. The van der Waals surface area contributed by atoms with Crippen molar-refractivity contribution >= 4 is 46.8 Å². The molecule has 284 valence electrons. The Labute approximate surface area is 307 Å². The van der Waals surface area contributed by atoms with Crippen LogP contribution in [0.4, 0.5) is 23.1 Å². The molecule has 4 N–H and O–H groups in total. The van der Waals surface area contributed by atoms with Crippen LogP contribution >= 0.6 is 0 Å². The van der Waals surface area contributed by atoms with Gasteiger partial charge in [0.05, 0.1) is 19.0 Å². The summed E-state index contributed by atoms with van der Waals surface area (Å²) in [4.78, 5) is 65.9.